The van der Waals surface area contributed by atoms with Crippen LogP contribution in [-0.2, 0) is 4.79 Å². The van der Waals surface area contributed by atoms with E-state index in [-0.39, 0.29) is 11.9 Å². The summed E-state index contributed by atoms with van der Waals surface area (Å²) in [4.78, 5) is 21.0. The second kappa shape index (κ2) is 10.0. The summed E-state index contributed by atoms with van der Waals surface area (Å²) in [7, 11) is 0. The van der Waals surface area contributed by atoms with Crippen molar-refractivity contribution in [3.05, 3.63) is 77.7 Å². The quantitative estimate of drug-likeness (QED) is 0.390. The molecule has 0 bridgehead atoms. The van der Waals surface area contributed by atoms with Crippen LogP contribution in [0.25, 0.3) is 6.08 Å². The maximum absolute atomic E-state index is 13.5. The standard InChI is InChI=1S/C26H28N2O2S/c1-3-17-30-22-15-13-20(14-16-22)18-24-25(29)28(23-12-8-7-9-19(23)2)26(31-24)27-21-10-5-4-6-11-21/h3-6,10-11,13-16,18-19,23H,1,7-9,12,17H2,2H3/b24-18-,27-26?/t19-,23-/m0/s1. The molecular weight excluding hydrogens is 404 g/mol. The number of rotatable bonds is 6. The molecule has 0 aromatic heterocycles. The zero-order valence-corrected chi connectivity index (χ0v) is 18.7. The lowest BCUT2D eigenvalue weighted by atomic mass is 9.85. The fraction of sp³-hybridized carbons (Fsp3) is 0.308. The third kappa shape index (κ3) is 5.10. The van der Waals surface area contributed by atoms with Gasteiger partial charge < -0.3 is 4.74 Å². The number of amidine groups is 1. The Morgan fingerprint density at radius 2 is 1.87 bits per heavy atom. The van der Waals surface area contributed by atoms with E-state index in [1.54, 1.807) is 6.08 Å². The van der Waals surface area contributed by atoms with Crippen molar-refractivity contribution in [3.63, 3.8) is 0 Å². The number of carbonyl (C=O) groups is 1. The Hall–Kier alpha value is -2.79. The minimum absolute atomic E-state index is 0.0606. The van der Waals surface area contributed by atoms with Gasteiger partial charge in [0.15, 0.2) is 5.17 Å². The molecule has 160 valence electrons. The number of carbonyl (C=O) groups excluding carboxylic acids is 1. The third-order valence-electron chi connectivity index (χ3n) is 5.76. The van der Waals surface area contributed by atoms with Gasteiger partial charge in [-0.2, -0.15) is 0 Å². The molecule has 1 aliphatic carbocycles. The van der Waals surface area contributed by atoms with Crippen molar-refractivity contribution in [2.75, 3.05) is 6.61 Å². The number of benzene rings is 2. The van der Waals surface area contributed by atoms with Gasteiger partial charge in [-0.05, 0) is 66.4 Å². The molecule has 1 heterocycles. The van der Waals surface area contributed by atoms with Gasteiger partial charge in [-0.1, -0.05) is 62.8 Å². The number of ether oxygens (including phenoxy) is 1. The highest BCUT2D eigenvalue weighted by Gasteiger charge is 2.41. The van der Waals surface area contributed by atoms with E-state index < -0.39 is 0 Å². The van der Waals surface area contributed by atoms with Crippen LogP contribution in [0, 0.1) is 5.92 Å². The smallest absolute Gasteiger partial charge is 0.267 e. The van der Waals surface area contributed by atoms with E-state index in [1.807, 2.05) is 65.6 Å². The maximum atomic E-state index is 13.5. The minimum atomic E-state index is 0.0606. The monoisotopic (exact) mass is 432 g/mol. The summed E-state index contributed by atoms with van der Waals surface area (Å²) in [5, 5.41) is 0.784. The van der Waals surface area contributed by atoms with E-state index in [1.165, 1.54) is 18.2 Å². The highest BCUT2D eigenvalue weighted by atomic mass is 32.2. The molecule has 2 aliphatic rings. The van der Waals surface area contributed by atoms with Gasteiger partial charge in [-0.15, -0.1) is 0 Å². The van der Waals surface area contributed by atoms with Gasteiger partial charge in [-0.3, -0.25) is 9.69 Å². The molecule has 1 saturated heterocycles. The Morgan fingerprint density at radius 1 is 1.13 bits per heavy atom. The van der Waals surface area contributed by atoms with Crippen LogP contribution >= 0.6 is 11.8 Å². The number of nitrogens with zero attached hydrogens (tertiary/aromatic N) is 2. The normalized spacial score (nSPS) is 24.0. The molecule has 5 heteroatoms. The van der Waals surface area contributed by atoms with Crippen molar-refractivity contribution in [2.24, 2.45) is 10.9 Å². The molecule has 2 aromatic rings. The first-order valence-corrected chi connectivity index (χ1v) is 11.7. The predicted octanol–water partition coefficient (Wildman–Crippen LogP) is 6.43. The molecule has 2 atom stereocenters. The van der Waals surface area contributed by atoms with Gasteiger partial charge in [0.2, 0.25) is 0 Å². The van der Waals surface area contributed by atoms with E-state index in [2.05, 4.69) is 13.5 Å². The van der Waals surface area contributed by atoms with Gasteiger partial charge in [0.25, 0.3) is 5.91 Å². The largest absolute Gasteiger partial charge is 0.490 e. The number of para-hydroxylation sites is 1. The molecule has 1 amide bonds. The average molecular weight is 433 g/mol. The van der Waals surface area contributed by atoms with Gasteiger partial charge in [-0.25, -0.2) is 4.99 Å². The number of aliphatic imine (C=N–C) groups is 1. The van der Waals surface area contributed by atoms with E-state index in [9.17, 15) is 4.79 Å². The second-order valence-electron chi connectivity index (χ2n) is 8.01. The third-order valence-corrected chi connectivity index (χ3v) is 6.74. The number of hydrogen-bond donors (Lipinski definition) is 0. The molecule has 4 rings (SSSR count). The Bertz CT molecular complexity index is 982. The lowest BCUT2D eigenvalue weighted by molar-refractivity contribution is -0.124. The SMILES string of the molecule is C=CCOc1ccc(/C=C2\SC(=Nc3ccccc3)N([C@H]3CCCC[C@@H]3C)C2=O)cc1. The summed E-state index contributed by atoms with van der Waals surface area (Å²) in [6.07, 6.45) is 8.26. The second-order valence-corrected chi connectivity index (χ2v) is 9.02. The predicted molar refractivity (Wildman–Crippen MR) is 130 cm³/mol. The number of thioether (sulfide) groups is 1. The first-order valence-electron chi connectivity index (χ1n) is 10.9. The first-order chi connectivity index (χ1) is 15.2. The summed E-state index contributed by atoms with van der Waals surface area (Å²) in [5.74, 6) is 1.32. The summed E-state index contributed by atoms with van der Waals surface area (Å²) in [5.41, 5.74) is 1.84. The van der Waals surface area contributed by atoms with Crippen LogP contribution in [0.5, 0.6) is 5.75 Å². The molecule has 2 fully saturated rings. The molecule has 1 aliphatic heterocycles. The highest BCUT2D eigenvalue weighted by molar-refractivity contribution is 8.18. The minimum Gasteiger partial charge on any atom is -0.490 e. The van der Waals surface area contributed by atoms with Crippen LogP contribution < -0.4 is 4.74 Å². The van der Waals surface area contributed by atoms with Crippen molar-refractivity contribution in [1.82, 2.24) is 4.90 Å². The van der Waals surface area contributed by atoms with Crippen LogP contribution in [0.1, 0.15) is 38.2 Å². The highest BCUT2D eigenvalue weighted by Crippen LogP contribution is 2.40. The number of amides is 1. The van der Waals surface area contributed by atoms with Gasteiger partial charge >= 0.3 is 0 Å². The summed E-state index contributed by atoms with van der Waals surface area (Å²) in [6, 6.07) is 17.9. The van der Waals surface area contributed by atoms with E-state index in [0.29, 0.717) is 17.4 Å². The van der Waals surface area contributed by atoms with E-state index >= 15 is 0 Å². The molecule has 0 N–H and O–H groups in total. The molecule has 0 radical (unpaired) electrons. The fourth-order valence-corrected chi connectivity index (χ4v) is 5.16. The molecule has 4 nitrogen and oxygen atoms in total. The lowest BCUT2D eigenvalue weighted by Crippen LogP contribution is -2.44. The molecule has 1 saturated carbocycles. The Kier molecular flexibility index (Phi) is 6.92. The van der Waals surface area contributed by atoms with Crippen LogP contribution in [0.15, 0.2) is 77.1 Å². The van der Waals surface area contributed by atoms with Crippen molar-refractivity contribution in [2.45, 2.75) is 38.6 Å². The fourth-order valence-electron chi connectivity index (χ4n) is 4.12. The molecule has 31 heavy (non-hydrogen) atoms. The van der Waals surface area contributed by atoms with Crippen LogP contribution in [-0.4, -0.2) is 28.6 Å². The summed E-state index contributed by atoms with van der Waals surface area (Å²) >= 11 is 1.47. The Morgan fingerprint density at radius 3 is 2.58 bits per heavy atom. The van der Waals surface area contributed by atoms with E-state index in [0.717, 1.165) is 41.4 Å². The van der Waals surface area contributed by atoms with Crippen molar-refractivity contribution in [1.29, 1.82) is 0 Å². The van der Waals surface area contributed by atoms with Crippen molar-refractivity contribution >= 4 is 34.6 Å². The van der Waals surface area contributed by atoms with Crippen molar-refractivity contribution in [3.8, 4) is 5.75 Å². The Balaban J connectivity index is 1.63. The average Bonchev–Trinajstić information content (AvgIpc) is 3.09. The summed E-state index contributed by atoms with van der Waals surface area (Å²) < 4.78 is 5.55. The first kappa shape index (κ1) is 21.4. The molecule has 2 aromatic carbocycles. The van der Waals surface area contributed by atoms with E-state index in [4.69, 9.17) is 9.73 Å². The molecular formula is C26H28N2O2S. The van der Waals surface area contributed by atoms with Crippen LogP contribution in [0.2, 0.25) is 0 Å². The molecule has 0 spiro atoms. The maximum Gasteiger partial charge on any atom is 0.267 e. The van der Waals surface area contributed by atoms with Gasteiger partial charge in [0, 0.05) is 6.04 Å². The van der Waals surface area contributed by atoms with Gasteiger partial charge in [0.1, 0.15) is 12.4 Å². The zero-order valence-electron chi connectivity index (χ0n) is 17.9. The van der Waals surface area contributed by atoms with Crippen LogP contribution in [0.3, 0.4) is 0 Å². The molecule has 0 unspecified atom stereocenters. The van der Waals surface area contributed by atoms with Crippen LogP contribution in [0.4, 0.5) is 5.69 Å². The summed E-state index contributed by atoms with van der Waals surface area (Å²) in [6.45, 7) is 6.40. The van der Waals surface area contributed by atoms with Gasteiger partial charge in [0.05, 0.1) is 10.6 Å². The zero-order chi connectivity index (χ0) is 21.6. The Labute approximate surface area is 188 Å². The van der Waals surface area contributed by atoms with Crippen molar-refractivity contribution < 1.29 is 9.53 Å². The topological polar surface area (TPSA) is 41.9 Å². The lowest BCUT2D eigenvalue weighted by Gasteiger charge is -2.35. The number of hydrogen-bond acceptors (Lipinski definition) is 4.